The molecule has 0 heterocycles. The zero-order valence-electron chi connectivity index (χ0n) is 20.2. The van der Waals surface area contributed by atoms with E-state index < -0.39 is 32.1 Å². The van der Waals surface area contributed by atoms with E-state index in [2.05, 4.69) is 45.0 Å². The van der Waals surface area contributed by atoms with Gasteiger partial charge in [0.25, 0.3) is 8.32 Å². The zero-order chi connectivity index (χ0) is 24.0. The van der Waals surface area contributed by atoms with Crippen molar-refractivity contribution in [3.05, 3.63) is 60.7 Å². The molecule has 176 valence electrons. The van der Waals surface area contributed by atoms with E-state index in [1.807, 2.05) is 36.4 Å². The second-order valence-corrected chi connectivity index (χ2v) is 14.6. The van der Waals surface area contributed by atoms with E-state index in [1.54, 1.807) is 20.8 Å². The summed E-state index contributed by atoms with van der Waals surface area (Å²) in [6.07, 6.45) is -2.03. The Bertz CT molecular complexity index is 801. The van der Waals surface area contributed by atoms with Crippen LogP contribution in [0.15, 0.2) is 60.7 Å². The fourth-order valence-electron chi connectivity index (χ4n) is 4.02. The van der Waals surface area contributed by atoms with Crippen molar-refractivity contribution < 1.29 is 24.2 Å². The van der Waals surface area contributed by atoms with Gasteiger partial charge in [0.05, 0.1) is 25.2 Å². The van der Waals surface area contributed by atoms with Crippen LogP contribution in [0.3, 0.4) is 0 Å². The van der Waals surface area contributed by atoms with Gasteiger partial charge in [-0.1, -0.05) is 81.4 Å². The van der Waals surface area contributed by atoms with Crippen LogP contribution in [0.4, 0.5) is 0 Å². The van der Waals surface area contributed by atoms with E-state index in [-0.39, 0.29) is 24.5 Å². The molecule has 0 aliphatic heterocycles. The number of carbonyl (C=O) groups is 1. The highest BCUT2D eigenvalue weighted by atomic mass is 28.4. The Hall–Kier alpha value is -1.99. The van der Waals surface area contributed by atoms with Gasteiger partial charge in [0.15, 0.2) is 0 Å². The summed E-state index contributed by atoms with van der Waals surface area (Å²) in [5, 5.41) is 23.0. The molecule has 0 aliphatic rings. The lowest BCUT2D eigenvalue weighted by Crippen LogP contribution is -2.67. The van der Waals surface area contributed by atoms with E-state index in [0.29, 0.717) is 0 Å². The van der Waals surface area contributed by atoms with E-state index in [1.165, 1.54) is 0 Å². The molecule has 0 amide bonds. The summed E-state index contributed by atoms with van der Waals surface area (Å²) in [5.41, 5.74) is -0.609. The highest BCUT2D eigenvalue weighted by Crippen LogP contribution is 2.36. The third-order valence-electron chi connectivity index (χ3n) is 5.28. The van der Waals surface area contributed by atoms with Gasteiger partial charge < -0.3 is 19.4 Å². The van der Waals surface area contributed by atoms with Crippen molar-refractivity contribution in [2.24, 2.45) is 0 Å². The first kappa shape index (κ1) is 26.3. The summed E-state index contributed by atoms with van der Waals surface area (Å²) in [7, 11) is -2.76. The van der Waals surface area contributed by atoms with Gasteiger partial charge in [-0.25, -0.2) is 0 Å². The number of carbonyl (C=O) groups excluding carboxylic acids is 1. The quantitative estimate of drug-likeness (QED) is 0.445. The minimum Gasteiger partial charge on any atom is -0.460 e. The smallest absolute Gasteiger partial charge is 0.308 e. The first-order valence-corrected chi connectivity index (χ1v) is 13.1. The number of aliphatic hydroxyl groups excluding tert-OH is 2. The molecule has 0 aromatic heterocycles. The van der Waals surface area contributed by atoms with Crippen molar-refractivity contribution in [3.8, 4) is 0 Å². The Kier molecular flexibility index (Phi) is 8.82. The summed E-state index contributed by atoms with van der Waals surface area (Å²) in [5.74, 6) is -0.481. The van der Waals surface area contributed by atoms with Gasteiger partial charge in [-0.15, -0.1) is 0 Å². The lowest BCUT2D eigenvalue weighted by molar-refractivity contribution is -0.157. The van der Waals surface area contributed by atoms with Crippen LogP contribution in [0.2, 0.25) is 5.04 Å². The third kappa shape index (κ3) is 7.00. The maximum Gasteiger partial charge on any atom is 0.308 e. The third-order valence-corrected chi connectivity index (χ3v) is 10.3. The van der Waals surface area contributed by atoms with E-state index >= 15 is 0 Å². The number of aliphatic hydroxyl groups is 2. The summed E-state index contributed by atoms with van der Waals surface area (Å²) in [6.45, 7) is 11.9. The topological polar surface area (TPSA) is 76.0 Å². The van der Waals surface area contributed by atoms with Crippen molar-refractivity contribution >= 4 is 24.7 Å². The molecular weight excluding hydrogens is 420 g/mol. The van der Waals surface area contributed by atoms with Crippen LogP contribution < -0.4 is 10.4 Å². The molecule has 6 heteroatoms. The first-order valence-electron chi connectivity index (χ1n) is 11.2. The molecule has 0 spiro atoms. The van der Waals surface area contributed by atoms with Gasteiger partial charge in [-0.3, -0.25) is 4.79 Å². The Balaban J connectivity index is 2.20. The van der Waals surface area contributed by atoms with Crippen molar-refractivity contribution in [3.63, 3.8) is 0 Å². The maximum absolute atomic E-state index is 12.0. The van der Waals surface area contributed by atoms with E-state index in [0.717, 1.165) is 10.4 Å². The molecule has 0 bridgehead atoms. The van der Waals surface area contributed by atoms with E-state index in [9.17, 15) is 15.0 Å². The Morgan fingerprint density at radius 1 is 0.844 bits per heavy atom. The van der Waals surface area contributed by atoms with Gasteiger partial charge in [0.1, 0.15) is 5.60 Å². The van der Waals surface area contributed by atoms with Crippen LogP contribution >= 0.6 is 0 Å². The number of ether oxygens (including phenoxy) is 1. The maximum atomic E-state index is 12.0. The SMILES string of the molecule is CC(C)(C)OC(=O)C[C@@H](O)C[C@H](O)CO[Si](c1ccccc1)(c1ccccc1)C(C)(C)C. The highest BCUT2D eigenvalue weighted by Gasteiger charge is 2.50. The Morgan fingerprint density at radius 2 is 1.31 bits per heavy atom. The Labute approximate surface area is 193 Å². The lowest BCUT2D eigenvalue weighted by Gasteiger charge is -2.43. The Morgan fingerprint density at radius 3 is 1.72 bits per heavy atom. The molecule has 32 heavy (non-hydrogen) atoms. The molecule has 0 radical (unpaired) electrons. The summed E-state index contributed by atoms with van der Waals surface area (Å²) in [6, 6.07) is 20.4. The zero-order valence-corrected chi connectivity index (χ0v) is 21.2. The van der Waals surface area contributed by atoms with Crippen LogP contribution in [0, 0.1) is 0 Å². The first-order chi connectivity index (χ1) is 14.8. The fourth-order valence-corrected chi connectivity index (χ4v) is 8.62. The van der Waals surface area contributed by atoms with Gasteiger partial charge in [0.2, 0.25) is 0 Å². The predicted molar refractivity (Wildman–Crippen MR) is 131 cm³/mol. The van der Waals surface area contributed by atoms with Gasteiger partial charge >= 0.3 is 5.97 Å². The molecule has 2 aromatic carbocycles. The molecular formula is C26H38O5Si. The minimum atomic E-state index is -2.76. The average molecular weight is 459 g/mol. The fraction of sp³-hybridized carbons (Fsp3) is 0.500. The summed E-state index contributed by atoms with van der Waals surface area (Å²) < 4.78 is 11.9. The molecule has 0 saturated heterocycles. The molecule has 2 N–H and O–H groups in total. The van der Waals surface area contributed by atoms with Gasteiger partial charge in [-0.2, -0.15) is 0 Å². The van der Waals surface area contributed by atoms with Crippen LogP contribution in [0.1, 0.15) is 54.4 Å². The van der Waals surface area contributed by atoms with Crippen molar-refractivity contribution in [1.29, 1.82) is 0 Å². The highest BCUT2D eigenvalue weighted by molar-refractivity contribution is 6.99. The standard InChI is InChI=1S/C26H38O5Si/c1-25(2,3)31-24(29)18-20(27)17-21(28)19-30-32(26(4,5)6,22-13-9-7-10-14-22)23-15-11-8-12-16-23/h7-16,20-21,27-28H,17-19H2,1-6H3/t20-,21-/m0/s1. The molecule has 0 unspecified atom stereocenters. The lowest BCUT2D eigenvalue weighted by atomic mass is 10.1. The average Bonchev–Trinajstić information content (AvgIpc) is 2.67. The van der Waals surface area contributed by atoms with Crippen LogP contribution in [0.5, 0.6) is 0 Å². The molecule has 2 rings (SSSR count). The molecule has 2 atom stereocenters. The van der Waals surface area contributed by atoms with Crippen molar-refractivity contribution in [2.45, 2.75) is 77.2 Å². The second kappa shape index (κ2) is 10.7. The monoisotopic (exact) mass is 458 g/mol. The minimum absolute atomic E-state index is 0.0391. The number of hydrogen-bond acceptors (Lipinski definition) is 5. The molecule has 0 fully saturated rings. The number of benzene rings is 2. The number of hydrogen-bond donors (Lipinski definition) is 2. The summed E-state index contributed by atoms with van der Waals surface area (Å²) >= 11 is 0. The van der Waals surface area contributed by atoms with Gasteiger partial charge in [-0.05, 0) is 36.2 Å². The molecule has 0 saturated carbocycles. The van der Waals surface area contributed by atoms with Crippen LogP contribution in [0.25, 0.3) is 0 Å². The van der Waals surface area contributed by atoms with Gasteiger partial charge in [0, 0.05) is 6.42 Å². The van der Waals surface area contributed by atoms with Crippen LogP contribution in [-0.4, -0.2) is 48.9 Å². The summed E-state index contributed by atoms with van der Waals surface area (Å²) in [4.78, 5) is 12.0. The predicted octanol–water partition coefficient (Wildman–Crippen LogP) is 3.41. The number of rotatable bonds is 9. The normalized spacial score (nSPS) is 14.6. The van der Waals surface area contributed by atoms with Crippen molar-refractivity contribution in [2.75, 3.05) is 6.61 Å². The second-order valence-electron chi connectivity index (χ2n) is 10.3. The van der Waals surface area contributed by atoms with E-state index in [4.69, 9.17) is 9.16 Å². The number of esters is 1. The molecule has 0 aliphatic carbocycles. The van der Waals surface area contributed by atoms with Crippen LogP contribution in [-0.2, 0) is 14.0 Å². The van der Waals surface area contributed by atoms with Crippen molar-refractivity contribution in [1.82, 2.24) is 0 Å². The molecule has 2 aromatic rings. The largest absolute Gasteiger partial charge is 0.460 e. The molecule has 5 nitrogen and oxygen atoms in total.